The summed E-state index contributed by atoms with van der Waals surface area (Å²) in [7, 11) is 0. The van der Waals surface area contributed by atoms with Gasteiger partial charge >= 0.3 is 0 Å². The third kappa shape index (κ3) is 5.84. The van der Waals surface area contributed by atoms with Crippen molar-refractivity contribution < 1.29 is 9.47 Å². The predicted octanol–water partition coefficient (Wildman–Crippen LogP) is 2.60. The van der Waals surface area contributed by atoms with E-state index in [0.29, 0.717) is 17.6 Å². The lowest BCUT2D eigenvalue weighted by molar-refractivity contribution is -0.0152. The van der Waals surface area contributed by atoms with Gasteiger partial charge in [-0.25, -0.2) is 0 Å². The second-order valence-electron chi connectivity index (χ2n) is 5.82. The van der Waals surface area contributed by atoms with Gasteiger partial charge in [0.1, 0.15) is 0 Å². The monoisotopic (exact) mass is 243 g/mol. The molecular weight excluding hydrogens is 214 g/mol. The van der Waals surface area contributed by atoms with Crippen LogP contribution in [-0.2, 0) is 9.47 Å². The van der Waals surface area contributed by atoms with Crippen molar-refractivity contribution >= 4 is 0 Å². The molecule has 3 nitrogen and oxygen atoms in total. The topological polar surface area (TPSA) is 30.5 Å². The van der Waals surface area contributed by atoms with Crippen LogP contribution < -0.4 is 5.32 Å². The van der Waals surface area contributed by atoms with Gasteiger partial charge in [-0.2, -0.15) is 0 Å². The summed E-state index contributed by atoms with van der Waals surface area (Å²) in [6.45, 7) is 12.4. The molecule has 1 aliphatic rings. The van der Waals surface area contributed by atoms with Crippen molar-refractivity contribution in [2.75, 3.05) is 26.4 Å². The van der Waals surface area contributed by atoms with Crippen LogP contribution in [0.15, 0.2) is 0 Å². The number of ether oxygens (including phenoxy) is 2. The first-order valence-electron chi connectivity index (χ1n) is 6.97. The van der Waals surface area contributed by atoms with Gasteiger partial charge in [0.15, 0.2) is 0 Å². The molecule has 1 fully saturated rings. The van der Waals surface area contributed by atoms with Gasteiger partial charge in [0, 0.05) is 32.4 Å². The smallest absolute Gasteiger partial charge is 0.0518 e. The first-order chi connectivity index (χ1) is 8.04. The van der Waals surface area contributed by atoms with Gasteiger partial charge in [-0.05, 0) is 38.5 Å². The van der Waals surface area contributed by atoms with Crippen LogP contribution in [0.1, 0.15) is 47.0 Å². The van der Waals surface area contributed by atoms with Gasteiger partial charge in [0.2, 0.25) is 0 Å². The maximum atomic E-state index is 5.71. The van der Waals surface area contributed by atoms with E-state index in [9.17, 15) is 0 Å². The molecule has 0 aliphatic carbocycles. The van der Waals surface area contributed by atoms with Gasteiger partial charge in [0.25, 0.3) is 0 Å². The fourth-order valence-corrected chi connectivity index (χ4v) is 2.25. The minimum atomic E-state index is 0.338. The number of hydrogen-bond acceptors (Lipinski definition) is 3. The highest BCUT2D eigenvalue weighted by Crippen LogP contribution is 2.33. The van der Waals surface area contributed by atoms with Crippen LogP contribution in [0.3, 0.4) is 0 Å². The van der Waals surface area contributed by atoms with Crippen molar-refractivity contribution in [3.05, 3.63) is 0 Å². The average Bonchev–Trinajstić information content (AvgIpc) is 2.27. The second-order valence-corrected chi connectivity index (χ2v) is 5.82. The lowest BCUT2D eigenvalue weighted by atomic mass is 9.77. The molecule has 0 bridgehead atoms. The van der Waals surface area contributed by atoms with E-state index in [1.54, 1.807) is 0 Å². The van der Waals surface area contributed by atoms with Crippen molar-refractivity contribution in [2.24, 2.45) is 5.41 Å². The molecule has 0 spiro atoms. The summed E-state index contributed by atoms with van der Waals surface area (Å²) in [5, 5.41) is 3.58. The van der Waals surface area contributed by atoms with Crippen LogP contribution in [0, 0.1) is 5.41 Å². The minimum absolute atomic E-state index is 0.338. The van der Waals surface area contributed by atoms with Crippen LogP contribution >= 0.6 is 0 Å². The van der Waals surface area contributed by atoms with Gasteiger partial charge in [0.05, 0.1) is 6.10 Å². The van der Waals surface area contributed by atoms with E-state index in [0.717, 1.165) is 45.6 Å². The first-order valence-corrected chi connectivity index (χ1v) is 6.97. The highest BCUT2D eigenvalue weighted by Gasteiger charge is 2.32. The van der Waals surface area contributed by atoms with Crippen molar-refractivity contribution in [1.82, 2.24) is 5.32 Å². The molecule has 0 unspecified atom stereocenters. The summed E-state index contributed by atoms with van der Waals surface area (Å²) in [5.74, 6) is 0. The Morgan fingerprint density at radius 2 is 1.82 bits per heavy atom. The molecule has 1 N–H and O–H groups in total. The van der Waals surface area contributed by atoms with Crippen molar-refractivity contribution in [3.63, 3.8) is 0 Å². The lowest BCUT2D eigenvalue weighted by Crippen LogP contribution is -2.42. The number of rotatable bonds is 7. The Morgan fingerprint density at radius 1 is 1.18 bits per heavy atom. The van der Waals surface area contributed by atoms with Gasteiger partial charge < -0.3 is 14.8 Å². The van der Waals surface area contributed by atoms with E-state index in [1.165, 1.54) is 0 Å². The molecule has 0 atom stereocenters. The van der Waals surface area contributed by atoms with E-state index in [1.807, 2.05) is 0 Å². The molecule has 3 heteroatoms. The van der Waals surface area contributed by atoms with Crippen LogP contribution in [-0.4, -0.2) is 38.5 Å². The largest absolute Gasteiger partial charge is 0.381 e. The fourth-order valence-electron chi connectivity index (χ4n) is 2.25. The molecule has 0 aromatic rings. The molecule has 102 valence electrons. The third-order valence-electron chi connectivity index (χ3n) is 3.52. The summed E-state index contributed by atoms with van der Waals surface area (Å²) in [6, 6.07) is 0.556. The van der Waals surface area contributed by atoms with E-state index < -0.39 is 0 Å². The quantitative estimate of drug-likeness (QED) is 0.745. The predicted molar refractivity (Wildman–Crippen MR) is 71.3 cm³/mol. The van der Waals surface area contributed by atoms with Crippen LogP contribution in [0.4, 0.5) is 0 Å². The van der Waals surface area contributed by atoms with Crippen molar-refractivity contribution in [1.29, 1.82) is 0 Å². The Bertz CT molecular complexity index is 198. The second kappa shape index (κ2) is 7.34. The molecule has 0 radical (unpaired) electrons. The summed E-state index contributed by atoms with van der Waals surface area (Å²) >= 11 is 0. The van der Waals surface area contributed by atoms with E-state index >= 15 is 0 Å². The Kier molecular flexibility index (Phi) is 6.45. The molecule has 0 aromatic carbocycles. The van der Waals surface area contributed by atoms with Crippen LogP contribution in [0.25, 0.3) is 0 Å². The minimum Gasteiger partial charge on any atom is -0.381 e. The molecule has 17 heavy (non-hydrogen) atoms. The molecule has 1 rings (SSSR count). The Morgan fingerprint density at radius 3 is 2.35 bits per heavy atom. The molecule has 1 aliphatic heterocycles. The van der Waals surface area contributed by atoms with Crippen LogP contribution in [0.2, 0.25) is 0 Å². The van der Waals surface area contributed by atoms with Crippen molar-refractivity contribution in [2.45, 2.75) is 59.1 Å². The van der Waals surface area contributed by atoms with E-state index in [4.69, 9.17) is 9.47 Å². The number of hydrogen-bond donors (Lipinski definition) is 1. The Labute approximate surface area is 106 Å². The zero-order valence-electron chi connectivity index (χ0n) is 11.9. The highest BCUT2D eigenvalue weighted by atomic mass is 16.5. The normalized spacial score (nSPS) is 20.1. The third-order valence-corrected chi connectivity index (χ3v) is 3.52. The van der Waals surface area contributed by atoms with Gasteiger partial charge in [-0.15, -0.1) is 0 Å². The molecule has 0 amide bonds. The SMILES string of the molecule is CC(C)NCC1(CCOC(C)C)CCOCC1. The summed E-state index contributed by atoms with van der Waals surface area (Å²) in [6.07, 6.45) is 3.81. The lowest BCUT2D eigenvalue weighted by Gasteiger charge is -2.38. The van der Waals surface area contributed by atoms with Gasteiger partial charge in [-0.1, -0.05) is 13.8 Å². The molecule has 0 aromatic heterocycles. The Hall–Kier alpha value is -0.120. The van der Waals surface area contributed by atoms with Gasteiger partial charge in [-0.3, -0.25) is 0 Å². The summed E-state index contributed by atoms with van der Waals surface area (Å²) in [5.41, 5.74) is 0.386. The van der Waals surface area contributed by atoms with Crippen molar-refractivity contribution in [3.8, 4) is 0 Å². The van der Waals surface area contributed by atoms with E-state index in [2.05, 4.69) is 33.0 Å². The van der Waals surface area contributed by atoms with E-state index in [-0.39, 0.29) is 0 Å². The maximum absolute atomic E-state index is 5.71. The summed E-state index contributed by atoms with van der Waals surface area (Å²) < 4.78 is 11.2. The highest BCUT2D eigenvalue weighted by molar-refractivity contribution is 4.84. The molecular formula is C14H29NO2. The number of nitrogens with one attached hydrogen (secondary N) is 1. The average molecular weight is 243 g/mol. The molecule has 1 saturated heterocycles. The first kappa shape index (κ1) is 14.9. The fraction of sp³-hybridized carbons (Fsp3) is 1.00. The summed E-state index contributed by atoms with van der Waals surface area (Å²) in [4.78, 5) is 0. The standard InChI is InChI=1S/C14H29NO2/c1-12(2)15-11-14(5-8-16-9-6-14)7-10-17-13(3)4/h12-13,15H,5-11H2,1-4H3. The van der Waals surface area contributed by atoms with Crippen LogP contribution in [0.5, 0.6) is 0 Å². The molecule has 0 saturated carbocycles. The zero-order chi connectivity index (χ0) is 12.7. The Balaban J connectivity index is 2.40. The zero-order valence-corrected chi connectivity index (χ0v) is 11.9. The molecule has 1 heterocycles. The maximum Gasteiger partial charge on any atom is 0.0518 e.